The van der Waals surface area contributed by atoms with Crippen LogP contribution >= 0.6 is 0 Å². The van der Waals surface area contributed by atoms with Gasteiger partial charge in [-0.15, -0.1) is 0 Å². The molecule has 0 fully saturated rings. The predicted octanol–water partition coefficient (Wildman–Crippen LogP) is 3.66. The highest BCUT2D eigenvalue weighted by atomic mass is 32.2. The van der Waals surface area contributed by atoms with E-state index in [9.17, 15) is 21.6 Å². The van der Waals surface area contributed by atoms with Gasteiger partial charge in [0.25, 0.3) is 9.84 Å². The summed E-state index contributed by atoms with van der Waals surface area (Å²) >= 11 is 0. The number of nitrogens with one attached hydrogen (secondary N) is 1. The van der Waals surface area contributed by atoms with Crippen LogP contribution in [0.4, 0.5) is 13.2 Å². The third-order valence-corrected chi connectivity index (χ3v) is 4.95. The molecule has 0 saturated heterocycles. The van der Waals surface area contributed by atoms with E-state index in [1.165, 1.54) is 13.3 Å². The summed E-state index contributed by atoms with van der Waals surface area (Å²) in [7, 11) is -4.01. The lowest BCUT2D eigenvalue weighted by Gasteiger charge is -2.11. The molecule has 3 aromatic rings. The van der Waals surface area contributed by atoms with Crippen molar-refractivity contribution in [3.8, 4) is 17.2 Å². The van der Waals surface area contributed by atoms with Crippen molar-refractivity contribution >= 4 is 20.7 Å². The first kappa shape index (κ1) is 17.1. The summed E-state index contributed by atoms with van der Waals surface area (Å²) in [6.45, 7) is 0. The number of H-pyrrole nitrogens is 1. The van der Waals surface area contributed by atoms with Crippen LogP contribution < -0.4 is 9.47 Å². The number of aromatic amines is 1. The average Bonchev–Trinajstić information content (AvgIpc) is 3.04. The Kier molecular flexibility index (Phi) is 4.07. The SMILES string of the molecule is COc1ccc(Oc2ccc(S(=O)(=O)C(F)(F)F)c3[nH]ncc23)cc1. The Bertz CT molecular complexity index is 1010. The van der Waals surface area contributed by atoms with E-state index < -0.39 is 20.2 Å². The smallest absolute Gasteiger partial charge is 0.497 e. The van der Waals surface area contributed by atoms with E-state index in [4.69, 9.17) is 9.47 Å². The van der Waals surface area contributed by atoms with Gasteiger partial charge >= 0.3 is 5.51 Å². The van der Waals surface area contributed by atoms with Gasteiger partial charge in [-0.05, 0) is 36.4 Å². The molecule has 132 valence electrons. The number of hydrogen-bond donors (Lipinski definition) is 1. The van der Waals surface area contributed by atoms with Crippen molar-refractivity contribution in [2.24, 2.45) is 0 Å². The number of rotatable bonds is 4. The molecular formula is C15H11F3N2O4S. The van der Waals surface area contributed by atoms with E-state index >= 15 is 0 Å². The first-order valence-electron chi connectivity index (χ1n) is 6.83. The fourth-order valence-corrected chi connectivity index (χ4v) is 3.11. The van der Waals surface area contributed by atoms with Crippen LogP contribution in [0.25, 0.3) is 10.9 Å². The molecule has 1 heterocycles. The summed E-state index contributed by atoms with van der Waals surface area (Å²) in [4.78, 5) is -0.908. The van der Waals surface area contributed by atoms with Gasteiger partial charge in [0.2, 0.25) is 0 Å². The average molecular weight is 372 g/mol. The molecule has 6 nitrogen and oxygen atoms in total. The Labute approximate surface area is 140 Å². The van der Waals surface area contributed by atoms with Gasteiger partial charge in [0.15, 0.2) is 0 Å². The Morgan fingerprint density at radius 2 is 1.68 bits per heavy atom. The highest BCUT2D eigenvalue weighted by Gasteiger charge is 2.48. The van der Waals surface area contributed by atoms with Crippen molar-refractivity contribution in [2.45, 2.75) is 10.4 Å². The number of benzene rings is 2. The van der Waals surface area contributed by atoms with Gasteiger partial charge in [0.05, 0.1) is 24.2 Å². The van der Waals surface area contributed by atoms with E-state index in [1.54, 1.807) is 24.3 Å². The molecule has 1 aromatic heterocycles. The first-order chi connectivity index (χ1) is 11.7. The number of ether oxygens (including phenoxy) is 2. The predicted molar refractivity (Wildman–Crippen MR) is 82.4 cm³/mol. The molecule has 3 rings (SSSR count). The van der Waals surface area contributed by atoms with E-state index in [0.29, 0.717) is 11.5 Å². The Balaban J connectivity index is 2.05. The van der Waals surface area contributed by atoms with Crippen LogP contribution in [-0.2, 0) is 9.84 Å². The van der Waals surface area contributed by atoms with Crippen LogP contribution in [0.1, 0.15) is 0 Å². The molecule has 0 bridgehead atoms. The minimum atomic E-state index is -5.51. The van der Waals surface area contributed by atoms with Crippen molar-refractivity contribution in [3.63, 3.8) is 0 Å². The summed E-state index contributed by atoms with van der Waals surface area (Å²) < 4.78 is 72.4. The minimum Gasteiger partial charge on any atom is -0.497 e. The van der Waals surface area contributed by atoms with Gasteiger partial charge in [0.1, 0.15) is 22.1 Å². The fourth-order valence-electron chi connectivity index (χ4n) is 2.19. The van der Waals surface area contributed by atoms with Gasteiger partial charge in [-0.3, -0.25) is 5.10 Å². The number of alkyl halides is 3. The molecule has 0 radical (unpaired) electrons. The largest absolute Gasteiger partial charge is 0.501 e. The normalized spacial score (nSPS) is 12.3. The van der Waals surface area contributed by atoms with Gasteiger partial charge in [-0.2, -0.15) is 18.3 Å². The van der Waals surface area contributed by atoms with Crippen LogP contribution in [0.5, 0.6) is 17.2 Å². The van der Waals surface area contributed by atoms with Gasteiger partial charge in [-0.1, -0.05) is 0 Å². The molecule has 0 aliphatic carbocycles. The van der Waals surface area contributed by atoms with Crippen molar-refractivity contribution in [1.82, 2.24) is 10.2 Å². The van der Waals surface area contributed by atoms with Crippen molar-refractivity contribution in [3.05, 3.63) is 42.6 Å². The van der Waals surface area contributed by atoms with E-state index in [0.717, 1.165) is 12.1 Å². The lowest BCUT2D eigenvalue weighted by Crippen LogP contribution is -2.23. The van der Waals surface area contributed by atoms with Crippen LogP contribution in [0.3, 0.4) is 0 Å². The molecule has 0 aliphatic rings. The zero-order valence-electron chi connectivity index (χ0n) is 12.7. The summed E-state index contributed by atoms with van der Waals surface area (Å²) in [5.74, 6) is 1.16. The van der Waals surface area contributed by atoms with Crippen LogP contribution in [0.2, 0.25) is 0 Å². The highest BCUT2D eigenvalue weighted by Crippen LogP contribution is 2.38. The van der Waals surface area contributed by atoms with Crippen LogP contribution in [-0.4, -0.2) is 31.2 Å². The molecule has 0 atom stereocenters. The van der Waals surface area contributed by atoms with Crippen LogP contribution in [0.15, 0.2) is 47.5 Å². The lowest BCUT2D eigenvalue weighted by molar-refractivity contribution is -0.0435. The maximum absolute atomic E-state index is 12.8. The van der Waals surface area contributed by atoms with Gasteiger partial charge < -0.3 is 9.47 Å². The highest BCUT2D eigenvalue weighted by molar-refractivity contribution is 7.92. The number of nitrogens with zero attached hydrogens (tertiary/aromatic N) is 1. The van der Waals surface area contributed by atoms with Crippen molar-refractivity contribution < 1.29 is 31.1 Å². The number of halogens is 3. The second kappa shape index (κ2) is 5.96. The second-order valence-corrected chi connectivity index (χ2v) is 6.86. The number of fused-ring (bicyclic) bond motifs is 1. The quantitative estimate of drug-likeness (QED) is 0.756. The fraction of sp³-hybridized carbons (Fsp3) is 0.133. The van der Waals surface area contributed by atoms with Crippen molar-refractivity contribution in [2.75, 3.05) is 7.11 Å². The Morgan fingerprint density at radius 3 is 2.28 bits per heavy atom. The Hall–Kier alpha value is -2.75. The molecule has 0 aliphatic heterocycles. The van der Waals surface area contributed by atoms with E-state index in [1.807, 2.05) is 0 Å². The van der Waals surface area contributed by atoms with E-state index in [-0.39, 0.29) is 16.7 Å². The summed E-state index contributed by atoms with van der Waals surface area (Å²) in [5.41, 5.74) is -5.69. The number of sulfone groups is 1. The van der Waals surface area contributed by atoms with Gasteiger partial charge in [-0.25, -0.2) is 8.42 Å². The standard InChI is InChI=1S/C15H11F3N2O4S/c1-23-9-2-4-10(5-3-9)24-12-6-7-13(14-11(12)8-19-20-14)25(21,22)15(16,17)18/h2-8H,1H3,(H,19,20). The number of methoxy groups -OCH3 is 1. The molecule has 0 saturated carbocycles. The summed E-state index contributed by atoms with van der Waals surface area (Å²) in [6, 6.07) is 8.48. The van der Waals surface area contributed by atoms with E-state index in [2.05, 4.69) is 10.2 Å². The number of hydrogen-bond acceptors (Lipinski definition) is 5. The van der Waals surface area contributed by atoms with Crippen molar-refractivity contribution in [1.29, 1.82) is 0 Å². The van der Waals surface area contributed by atoms with Crippen LogP contribution in [0, 0.1) is 0 Å². The molecular weight excluding hydrogens is 361 g/mol. The lowest BCUT2D eigenvalue weighted by atomic mass is 10.2. The molecule has 2 aromatic carbocycles. The zero-order chi connectivity index (χ0) is 18.2. The maximum Gasteiger partial charge on any atom is 0.501 e. The zero-order valence-corrected chi connectivity index (χ0v) is 13.5. The first-order valence-corrected chi connectivity index (χ1v) is 8.31. The topological polar surface area (TPSA) is 81.3 Å². The second-order valence-electron chi connectivity index (χ2n) is 4.95. The third-order valence-electron chi connectivity index (χ3n) is 3.42. The number of aromatic nitrogens is 2. The minimum absolute atomic E-state index is 0.112. The molecule has 10 heteroatoms. The maximum atomic E-state index is 12.8. The molecule has 1 N–H and O–H groups in total. The molecule has 0 spiro atoms. The molecule has 0 unspecified atom stereocenters. The Morgan fingerprint density at radius 1 is 1.04 bits per heavy atom. The third kappa shape index (κ3) is 3.00. The summed E-state index contributed by atoms with van der Waals surface area (Å²) in [5, 5.41) is 6.02. The summed E-state index contributed by atoms with van der Waals surface area (Å²) in [6.07, 6.45) is 1.20. The monoisotopic (exact) mass is 372 g/mol. The molecule has 0 amide bonds. The van der Waals surface area contributed by atoms with Gasteiger partial charge in [0, 0.05) is 0 Å². The molecule has 25 heavy (non-hydrogen) atoms.